The maximum atomic E-state index is 12.7. The number of carbonyl (C=O) groups excluding carboxylic acids is 1. The number of hydrogen-bond donors (Lipinski definition) is 1. The van der Waals surface area contributed by atoms with Crippen LogP contribution in [0.15, 0.2) is 91.0 Å². The number of nitrogens with one attached hydrogen (secondary N) is 1. The van der Waals surface area contributed by atoms with E-state index >= 15 is 0 Å². The molecule has 6 rings (SSSR count). The number of fused-ring (bicyclic) bond motifs is 1. The Morgan fingerprint density at radius 3 is 2.26 bits per heavy atom. The molecule has 3 aromatic carbocycles. The number of likely N-dealkylation sites (tertiary alicyclic amines) is 1. The number of aryl methyl sites for hydroxylation is 1. The Bertz CT molecular complexity index is 1820. The van der Waals surface area contributed by atoms with Gasteiger partial charge in [0, 0.05) is 42.8 Å². The van der Waals surface area contributed by atoms with Crippen LogP contribution < -0.4 is 14.8 Å². The van der Waals surface area contributed by atoms with Crippen LogP contribution in [0.25, 0.3) is 22.2 Å². The first-order valence-corrected chi connectivity index (χ1v) is 16.2. The summed E-state index contributed by atoms with van der Waals surface area (Å²) < 4.78 is 19.9. The third kappa shape index (κ3) is 7.85. The summed E-state index contributed by atoms with van der Waals surface area (Å²) in [5, 5.41) is 9.62. The van der Waals surface area contributed by atoms with Gasteiger partial charge in [-0.2, -0.15) is 10.1 Å². The molecule has 1 fully saturated rings. The van der Waals surface area contributed by atoms with Gasteiger partial charge in [0.15, 0.2) is 0 Å². The van der Waals surface area contributed by atoms with Gasteiger partial charge in [-0.05, 0) is 75.9 Å². The minimum Gasteiger partial charge on any atom is -0.473 e. The summed E-state index contributed by atoms with van der Waals surface area (Å²) in [7, 11) is 1.95. The van der Waals surface area contributed by atoms with Gasteiger partial charge in [-0.15, -0.1) is 0 Å². The van der Waals surface area contributed by atoms with E-state index in [1.807, 2.05) is 110 Å². The summed E-state index contributed by atoms with van der Waals surface area (Å²) in [6.07, 6.45) is 1.43. The Labute approximate surface area is 276 Å². The molecule has 1 N–H and O–H groups in total. The lowest BCUT2D eigenvalue weighted by Gasteiger charge is -2.38. The molecule has 47 heavy (non-hydrogen) atoms. The molecule has 9 nitrogen and oxygen atoms in total. The third-order valence-corrected chi connectivity index (χ3v) is 8.26. The Morgan fingerprint density at radius 2 is 1.60 bits per heavy atom. The molecule has 0 saturated carbocycles. The third-order valence-electron chi connectivity index (χ3n) is 8.26. The number of benzene rings is 3. The number of rotatable bonds is 9. The van der Waals surface area contributed by atoms with Crippen molar-refractivity contribution in [2.75, 3.05) is 11.9 Å². The van der Waals surface area contributed by atoms with Gasteiger partial charge in [0.1, 0.15) is 24.5 Å². The monoisotopic (exact) mass is 633 g/mol. The van der Waals surface area contributed by atoms with E-state index in [9.17, 15) is 4.79 Å². The van der Waals surface area contributed by atoms with Crippen LogP contribution in [0.3, 0.4) is 0 Å². The highest BCUT2D eigenvalue weighted by atomic mass is 16.6. The lowest BCUT2D eigenvalue weighted by molar-refractivity contribution is 0.0112. The van der Waals surface area contributed by atoms with Gasteiger partial charge in [-0.1, -0.05) is 60.7 Å². The standard InChI is InChI=1S/C38H43N5O4/c1-26-22-30(20-21-43(26)37(44)47-38(2,3)4)39-29-16-17-31-33(23-29)42(5)41-35(31)32-18-19-34(45-24-27-12-8-6-9-13-27)40-36(32)46-25-28-14-10-7-11-15-28/h6-19,23,26,30,39H,20-22,24-25H2,1-5H3/t26-,30+/m0/s1. The Hall–Kier alpha value is -5.05. The molecule has 1 amide bonds. The number of pyridine rings is 1. The Morgan fingerprint density at radius 1 is 0.915 bits per heavy atom. The van der Waals surface area contributed by atoms with Gasteiger partial charge in [-0.3, -0.25) is 4.68 Å². The summed E-state index contributed by atoms with van der Waals surface area (Å²) in [5.74, 6) is 0.951. The highest BCUT2D eigenvalue weighted by Gasteiger charge is 2.32. The molecule has 244 valence electrons. The van der Waals surface area contributed by atoms with Gasteiger partial charge >= 0.3 is 6.09 Å². The van der Waals surface area contributed by atoms with Crippen molar-refractivity contribution in [2.24, 2.45) is 7.05 Å². The van der Waals surface area contributed by atoms with E-state index in [-0.39, 0.29) is 18.2 Å². The maximum Gasteiger partial charge on any atom is 0.410 e. The fourth-order valence-corrected chi connectivity index (χ4v) is 5.93. The number of nitrogens with zero attached hydrogens (tertiary/aromatic N) is 4. The van der Waals surface area contributed by atoms with Crippen molar-refractivity contribution in [1.82, 2.24) is 19.7 Å². The zero-order valence-electron chi connectivity index (χ0n) is 27.8. The summed E-state index contributed by atoms with van der Waals surface area (Å²) >= 11 is 0. The quantitative estimate of drug-likeness (QED) is 0.176. The van der Waals surface area contributed by atoms with Gasteiger partial charge in [0.25, 0.3) is 0 Å². The van der Waals surface area contributed by atoms with Crippen LogP contribution >= 0.6 is 0 Å². The second-order valence-corrected chi connectivity index (χ2v) is 13.1. The van der Waals surface area contributed by atoms with Crippen molar-refractivity contribution < 1.29 is 19.0 Å². The van der Waals surface area contributed by atoms with Crippen molar-refractivity contribution in [3.63, 3.8) is 0 Å². The van der Waals surface area contributed by atoms with E-state index in [1.54, 1.807) is 0 Å². The first-order chi connectivity index (χ1) is 22.6. The van der Waals surface area contributed by atoms with Gasteiger partial charge in [-0.25, -0.2) is 4.79 Å². The smallest absolute Gasteiger partial charge is 0.410 e. The SMILES string of the molecule is C[C@H]1C[C@H](Nc2ccc3c(-c4ccc(OCc5ccccc5)nc4OCc4ccccc4)nn(C)c3c2)CCN1C(=O)OC(C)(C)C. The number of piperidine rings is 1. The molecule has 2 atom stereocenters. The lowest BCUT2D eigenvalue weighted by atomic mass is 9.98. The number of aromatic nitrogens is 3. The van der Waals surface area contributed by atoms with Gasteiger partial charge in [0.2, 0.25) is 11.8 Å². The van der Waals surface area contributed by atoms with E-state index in [1.165, 1.54) is 0 Å². The molecule has 2 aromatic heterocycles. The number of anilines is 1. The molecule has 1 saturated heterocycles. The van der Waals surface area contributed by atoms with Crippen LogP contribution in [0.4, 0.5) is 10.5 Å². The molecule has 5 aromatic rings. The fourth-order valence-electron chi connectivity index (χ4n) is 5.93. The normalized spacial score (nSPS) is 16.6. The van der Waals surface area contributed by atoms with Crippen molar-refractivity contribution in [3.8, 4) is 23.0 Å². The van der Waals surface area contributed by atoms with E-state index in [0.717, 1.165) is 51.8 Å². The largest absolute Gasteiger partial charge is 0.473 e. The molecule has 0 aliphatic carbocycles. The average molecular weight is 634 g/mol. The van der Waals surface area contributed by atoms with Crippen LogP contribution in [0.1, 0.15) is 51.7 Å². The molecule has 0 radical (unpaired) electrons. The van der Waals surface area contributed by atoms with E-state index < -0.39 is 5.60 Å². The summed E-state index contributed by atoms with van der Waals surface area (Å²) in [4.78, 5) is 19.3. The molecule has 9 heteroatoms. The van der Waals surface area contributed by atoms with Crippen LogP contribution in [-0.4, -0.2) is 50.0 Å². The van der Waals surface area contributed by atoms with Crippen molar-refractivity contribution in [2.45, 2.75) is 71.4 Å². The van der Waals surface area contributed by atoms with Crippen LogP contribution in [0.2, 0.25) is 0 Å². The zero-order chi connectivity index (χ0) is 33.0. The van der Waals surface area contributed by atoms with E-state index in [2.05, 4.69) is 30.4 Å². The maximum absolute atomic E-state index is 12.7. The predicted octanol–water partition coefficient (Wildman–Crippen LogP) is 7.99. The Kier molecular flexibility index (Phi) is 9.33. The molecule has 1 aliphatic heterocycles. The minimum absolute atomic E-state index is 0.0737. The highest BCUT2D eigenvalue weighted by Crippen LogP contribution is 2.36. The second-order valence-electron chi connectivity index (χ2n) is 13.1. The number of ether oxygens (including phenoxy) is 3. The summed E-state index contributed by atoms with van der Waals surface area (Å²) in [5.41, 5.74) is 5.19. The topological polar surface area (TPSA) is 90.7 Å². The number of hydrogen-bond acceptors (Lipinski definition) is 7. The summed E-state index contributed by atoms with van der Waals surface area (Å²) in [6.45, 7) is 9.20. The van der Waals surface area contributed by atoms with E-state index in [0.29, 0.717) is 31.5 Å². The number of amides is 1. The van der Waals surface area contributed by atoms with Crippen molar-refractivity contribution in [3.05, 3.63) is 102 Å². The predicted molar refractivity (Wildman–Crippen MR) is 185 cm³/mol. The van der Waals surface area contributed by atoms with Crippen molar-refractivity contribution >= 4 is 22.7 Å². The van der Waals surface area contributed by atoms with Gasteiger partial charge in [0.05, 0.1) is 11.1 Å². The molecule has 3 heterocycles. The molecule has 0 unspecified atom stereocenters. The van der Waals surface area contributed by atoms with E-state index in [4.69, 9.17) is 24.3 Å². The molecular weight excluding hydrogens is 590 g/mol. The van der Waals surface area contributed by atoms with Crippen LogP contribution in [-0.2, 0) is 25.0 Å². The first kappa shape index (κ1) is 31.9. The average Bonchev–Trinajstić information content (AvgIpc) is 3.38. The number of carbonyl (C=O) groups is 1. The molecule has 1 aliphatic rings. The molecule has 0 spiro atoms. The fraction of sp³-hybridized carbons (Fsp3) is 0.342. The van der Waals surface area contributed by atoms with Crippen molar-refractivity contribution in [1.29, 1.82) is 0 Å². The minimum atomic E-state index is -0.508. The van der Waals surface area contributed by atoms with Crippen LogP contribution in [0, 0.1) is 0 Å². The lowest BCUT2D eigenvalue weighted by Crippen LogP contribution is -2.49. The van der Waals surface area contributed by atoms with Crippen LogP contribution in [0.5, 0.6) is 11.8 Å². The zero-order valence-corrected chi connectivity index (χ0v) is 27.8. The highest BCUT2D eigenvalue weighted by molar-refractivity contribution is 5.96. The van der Waals surface area contributed by atoms with Gasteiger partial charge < -0.3 is 24.4 Å². The molecular formula is C38H43N5O4. The summed E-state index contributed by atoms with van der Waals surface area (Å²) in [6, 6.07) is 30.5. The Balaban J connectivity index is 1.21. The first-order valence-electron chi connectivity index (χ1n) is 16.2. The second kappa shape index (κ2) is 13.7. The molecule has 0 bridgehead atoms.